The largest absolute Gasteiger partial charge is 0.383 e. The summed E-state index contributed by atoms with van der Waals surface area (Å²) in [6.07, 6.45) is 3.95. The molecule has 1 aliphatic rings. The Balaban J connectivity index is 0.00000288. The van der Waals surface area contributed by atoms with Crippen LogP contribution in [0.4, 0.5) is 0 Å². The number of methoxy groups -OCH3 is 1. The van der Waals surface area contributed by atoms with Crippen LogP contribution in [0.2, 0.25) is 0 Å². The van der Waals surface area contributed by atoms with Gasteiger partial charge in [0.25, 0.3) is 0 Å². The van der Waals surface area contributed by atoms with Crippen molar-refractivity contribution in [2.75, 3.05) is 20.3 Å². The van der Waals surface area contributed by atoms with Gasteiger partial charge in [0.2, 0.25) is 5.91 Å². The third-order valence-electron chi connectivity index (χ3n) is 4.50. The van der Waals surface area contributed by atoms with E-state index < -0.39 is 6.04 Å². The number of hydrogen-bond donors (Lipinski definition) is 2. The van der Waals surface area contributed by atoms with Gasteiger partial charge in [0, 0.05) is 26.2 Å². The van der Waals surface area contributed by atoms with Gasteiger partial charge in [0.15, 0.2) is 0 Å². The van der Waals surface area contributed by atoms with Crippen molar-refractivity contribution >= 4 is 30.7 Å². The first-order chi connectivity index (χ1) is 11.1. The number of benzene rings is 1. The number of hydrogen-bond acceptors (Lipinski definition) is 4. The Kier molecular flexibility index (Phi) is 12.1. The number of halogens is 2. The standard InChI is InChI=1S/C18H29N3O2.2ClH/c1-14-5-3-4-10-21(14)12-16-8-6-15(7-9-16)11-20-18(22)17(19)13-23-2;;/h6-9,14,17H,3-5,10-13,19H2,1-2H3,(H,20,22);2*1H. The molecular formula is C18H31Cl2N3O2. The lowest BCUT2D eigenvalue weighted by Crippen LogP contribution is -2.43. The van der Waals surface area contributed by atoms with Gasteiger partial charge in [-0.25, -0.2) is 0 Å². The van der Waals surface area contributed by atoms with Crippen LogP contribution < -0.4 is 11.1 Å². The molecule has 0 spiro atoms. The van der Waals surface area contributed by atoms with E-state index in [0.717, 1.165) is 12.1 Å². The number of nitrogens with zero attached hydrogens (tertiary/aromatic N) is 1. The Morgan fingerprint density at radius 1 is 1.28 bits per heavy atom. The lowest BCUT2D eigenvalue weighted by molar-refractivity contribution is -0.123. The highest BCUT2D eigenvalue weighted by atomic mass is 35.5. The molecule has 1 fully saturated rings. The van der Waals surface area contributed by atoms with Gasteiger partial charge in [-0.05, 0) is 37.4 Å². The molecule has 5 nitrogen and oxygen atoms in total. The summed E-state index contributed by atoms with van der Waals surface area (Å²) >= 11 is 0. The quantitative estimate of drug-likeness (QED) is 0.748. The minimum Gasteiger partial charge on any atom is -0.383 e. The number of rotatable bonds is 7. The number of likely N-dealkylation sites (tertiary alicyclic amines) is 1. The van der Waals surface area contributed by atoms with Crippen molar-refractivity contribution in [3.63, 3.8) is 0 Å². The van der Waals surface area contributed by atoms with Gasteiger partial charge in [0.1, 0.15) is 6.04 Å². The van der Waals surface area contributed by atoms with E-state index in [0.29, 0.717) is 12.6 Å². The summed E-state index contributed by atoms with van der Waals surface area (Å²) < 4.78 is 4.88. The minimum absolute atomic E-state index is 0. The molecule has 1 saturated heterocycles. The second kappa shape index (κ2) is 12.5. The van der Waals surface area contributed by atoms with Gasteiger partial charge < -0.3 is 15.8 Å². The maximum atomic E-state index is 11.7. The van der Waals surface area contributed by atoms with Crippen LogP contribution >= 0.6 is 24.8 Å². The van der Waals surface area contributed by atoms with Crippen LogP contribution in [0, 0.1) is 0 Å². The van der Waals surface area contributed by atoms with E-state index in [9.17, 15) is 4.79 Å². The maximum absolute atomic E-state index is 11.7. The fourth-order valence-electron chi connectivity index (χ4n) is 2.97. The van der Waals surface area contributed by atoms with Crippen LogP contribution in [0.25, 0.3) is 0 Å². The van der Waals surface area contributed by atoms with Crippen molar-refractivity contribution in [2.45, 2.75) is 51.4 Å². The number of carbonyl (C=O) groups excluding carboxylic acids is 1. The zero-order valence-corrected chi connectivity index (χ0v) is 16.7. The van der Waals surface area contributed by atoms with E-state index in [1.807, 2.05) is 0 Å². The fraction of sp³-hybridized carbons (Fsp3) is 0.611. The van der Waals surface area contributed by atoms with Crippen LogP contribution in [-0.2, 0) is 22.6 Å². The van der Waals surface area contributed by atoms with Gasteiger partial charge in [-0.15, -0.1) is 24.8 Å². The molecule has 1 aromatic carbocycles. The molecule has 144 valence electrons. The summed E-state index contributed by atoms with van der Waals surface area (Å²) in [6.45, 7) is 5.24. The number of carbonyl (C=O) groups is 1. The number of piperidine rings is 1. The van der Waals surface area contributed by atoms with Crippen molar-refractivity contribution in [3.05, 3.63) is 35.4 Å². The van der Waals surface area contributed by atoms with E-state index in [1.54, 1.807) is 0 Å². The van der Waals surface area contributed by atoms with E-state index in [1.165, 1.54) is 38.5 Å². The van der Waals surface area contributed by atoms with Crippen molar-refractivity contribution < 1.29 is 9.53 Å². The molecule has 7 heteroatoms. The second-order valence-electron chi connectivity index (χ2n) is 6.41. The third-order valence-corrected chi connectivity index (χ3v) is 4.50. The topological polar surface area (TPSA) is 67.6 Å². The number of ether oxygens (including phenoxy) is 1. The van der Waals surface area contributed by atoms with Gasteiger partial charge >= 0.3 is 0 Å². The highest BCUT2D eigenvalue weighted by Gasteiger charge is 2.18. The van der Waals surface area contributed by atoms with E-state index in [4.69, 9.17) is 10.5 Å². The SMILES string of the molecule is COCC(N)C(=O)NCc1ccc(CN2CCCCC2C)cc1.Cl.Cl. The highest BCUT2D eigenvalue weighted by Crippen LogP contribution is 2.19. The van der Waals surface area contributed by atoms with Gasteiger partial charge in [0.05, 0.1) is 6.61 Å². The lowest BCUT2D eigenvalue weighted by Gasteiger charge is -2.33. The third kappa shape index (κ3) is 7.92. The van der Waals surface area contributed by atoms with Crippen molar-refractivity contribution in [3.8, 4) is 0 Å². The predicted octanol–water partition coefficient (Wildman–Crippen LogP) is 2.49. The Morgan fingerprint density at radius 2 is 1.92 bits per heavy atom. The van der Waals surface area contributed by atoms with Crippen LogP contribution in [0.1, 0.15) is 37.3 Å². The molecule has 1 amide bonds. The molecule has 0 radical (unpaired) electrons. The average molecular weight is 392 g/mol. The first-order valence-corrected chi connectivity index (χ1v) is 8.44. The summed E-state index contributed by atoms with van der Waals surface area (Å²) in [7, 11) is 1.54. The smallest absolute Gasteiger partial charge is 0.239 e. The van der Waals surface area contributed by atoms with Gasteiger partial charge in [-0.2, -0.15) is 0 Å². The Hall–Kier alpha value is -0.850. The normalized spacial score (nSPS) is 18.6. The van der Waals surface area contributed by atoms with E-state index >= 15 is 0 Å². The molecule has 0 aromatic heterocycles. The molecule has 2 rings (SSSR count). The van der Waals surface area contributed by atoms with Crippen LogP contribution in [0.15, 0.2) is 24.3 Å². The van der Waals surface area contributed by atoms with Crippen molar-refractivity contribution in [1.29, 1.82) is 0 Å². The zero-order valence-electron chi connectivity index (χ0n) is 15.1. The van der Waals surface area contributed by atoms with Gasteiger partial charge in [-0.3, -0.25) is 9.69 Å². The molecule has 0 aliphatic carbocycles. The maximum Gasteiger partial charge on any atom is 0.239 e. The first-order valence-electron chi connectivity index (χ1n) is 8.44. The van der Waals surface area contributed by atoms with E-state index in [2.05, 4.69) is 41.4 Å². The second-order valence-corrected chi connectivity index (χ2v) is 6.41. The molecule has 0 bridgehead atoms. The molecule has 2 atom stereocenters. The number of nitrogens with two attached hydrogens (primary N) is 1. The zero-order chi connectivity index (χ0) is 16.7. The van der Waals surface area contributed by atoms with Crippen molar-refractivity contribution in [1.82, 2.24) is 10.2 Å². The average Bonchev–Trinajstić information content (AvgIpc) is 2.56. The van der Waals surface area contributed by atoms with Gasteiger partial charge in [-0.1, -0.05) is 30.7 Å². The molecule has 1 heterocycles. The molecule has 2 unspecified atom stereocenters. The highest BCUT2D eigenvalue weighted by molar-refractivity contribution is 5.85. The molecule has 25 heavy (non-hydrogen) atoms. The summed E-state index contributed by atoms with van der Waals surface area (Å²) in [4.78, 5) is 14.3. The summed E-state index contributed by atoms with van der Waals surface area (Å²) in [5.74, 6) is -0.182. The Morgan fingerprint density at radius 3 is 2.52 bits per heavy atom. The molecule has 3 N–H and O–H groups in total. The fourth-order valence-corrected chi connectivity index (χ4v) is 2.97. The van der Waals surface area contributed by atoms with E-state index in [-0.39, 0.29) is 37.3 Å². The lowest BCUT2D eigenvalue weighted by atomic mass is 10.0. The Labute approximate surface area is 163 Å². The minimum atomic E-state index is -0.611. The summed E-state index contributed by atoms with van der Waals surface area (Å²) in [6, 6.07) is 8.51. The predicted molar refractivity (Wildman–Crippen MR) is 106 cm³/mol. The van der Waals surface area contributed by atoms with Crippen molar-refractivity contribution in [2.24, 2.45) is 5.73 Å². The molecule has 1 aromatic rings. The van der Waals surface area contributed by atoms with Crippen LogP contribution in [-0.4, -0.2) is 43.2 Å². The number of amides is 1. The van der Waals surface area contributed by atoms with Crippen LogP contribution in [0.5, 0.6) is 0 Å². The monoisotopic (exact) mass is 391 g/mol. The van der Waals surface area contributed by atoms with Crippen LogP contribution in [0.3, 0.4) is 0 Å². The summed E-state index contributed by atoms with van der Waals surface area (Å²) in [5.41, 5.74) is 8.10. The number of nitrogens with one attached hydrogen (secondary N) is 1. The summed E-state index contributed by atoms with van der Waals surface area (Å²) in [5, 5.41) is 2.84. The first kappa shape index (κ1) is 24.1. The molecule has 1 aliphatic heterocycles. The molecular weight excluding hydrogens is 361 g/mol. The molecule has 0 saturated carbocycles. The Bertz CT molecular complexity index is 500.